The van der Waals surface area contributed by atoms with E-state index in [1.165, 1.54) is 42.5 Å². The molecule has 0 radical (unpaired) electrons. The van der Waals surface area contributed by atoms with Gasteiger partial charge in [0.05, 0.1) is 0 Å². The van der Waals surface area contributed by atoms with E-state index in [2.05, 4.69) is 73.8 Å². The van der Waals surface area contributed by atoms with Crippen molar-refractivity contribution in [2.75, 3.05) is 5.32 Å². The predicted octanol–water partition coefficient (Wildman–Crippen LogP) is 5.73. The third-order valence-electron chi connectivity index (χ3n) is 3.64. The van der Waals surface area contributed by atoms with E-state index in [1.807, 2.05) is 0 Å². The van der Waals surface area contributed by atoms with Crippen LogP contribution in [0.25, 0.3) is 11.1 Å². The van der Waals surface area contributed by atoms with Crippen molar-refractivity contribution in [2.45, 2.75) is 45.6 Å². The highest BCUT2D eigenvalue weighted by Crippen LogP contribution is 2.22. The van der Waals surface area contributed by atoms with Crippen LogP contribution in [0.2, 0.25) is 0 Å². The first kappa shape index (κ1) is 14.6. The third-order valence-corrected chi connectivity index (χ3v) is 3.64. The van der Waals surface area contributed by atoms with Gasteiger partial charge in [0, 0.05) is 11.7 Å². The summed E-state index contributed by atoms with van der Waals surface area (Å²) in [6.45, 7) is 4.51. The fraction of sp³-hybridized carbons (Fsp3) is 0.368. The van der Waals surface area contributed by atoms with Gasteiger partial charge in [0.1, 0.15) is 0 Å². The number of nitrogens with one attached hydrogen (secondary N) is 1. The number of rotatable bonds is 7. The summed E-state index contributed by atoms with van der Waals surface area (Å²) in [7, 11) is 0. The van der Waals surface area contributed by atoms with Crippen molar-refractivity contribution in [2.24, 2.45) is 0 Å². The molecule has 2 aromatic rings. The second-order valence-corrected chi connectivity index (χ2v) is 5.36. The van der Waals surface area contributed by atoms with Crippen molar-refractivity contribution < 1.29 is 0 Å². The monoisotopic (exact) mass is 267 g/mol. The molecule has 0 unspecified atom stereocenters. The predicted molar refractivity (Wildman–Crippen MR) is 89.1 cm³/mol. The molecular weight excluding hydrogens is 242 g/mol. The van der Waals surface area contributed by atoms with Gasteiger partial charge in [-0.3, -0.25) is 0 Å². The molecule has 0 saturated carbocycles. The molecule has 1 N–H and O–H groups in total. The quantitative estimate of drug-likeness (QED) is 0.675. The number of benzene rings is 2. The van der Waals surface area contributed by atoms with Gasteiger partial charge in [-0.05, 0) is 36.1 Å². The molecule has 106 valence electrons. The maximum atomic E-state index is 3.66. The van der Waals surface area contributed by atoms with Gasteiger partial charge in [-0.2, -0.15) is 0 Å². The molecule has 20 heavy (non-hydrogen) atoms. The maximum absolute atomic E-state index is 3.66. The highest BCUT2D eigenvalue weighted by atomic mass is 14.9. The third kappa shape index (κ3) is 4.12. The van der Waals surface area contributed by atoms with Crippen LogP contribution >= 0.6 is 0 Å². The highest BCUT2D eigenvalue weighted by Gasteiger charge is 2.06. The molecule has 0 fully saturated rings. The minimum atomic E-state index is 0.604. The average molecular weight is 267 g/mol. The van der Waals surface area contributed by atoms with E-state index in [0.717, 1.165) is 0 Å². The molecule has 0 amide bonds. The largest absolute Gasteiger partial charge is 0.382 e. The van der Waals surface area contributed by atoms with Gasteiger partial charge in [0.2, 0.25) is 0 Å². The number of hydrogen-bond donors (Lipinski definition) is 1. The molecule has 0 bridgehead atoms. The lowest BCUT2D eigenvalue weighted by atomic mass is 10.0. The SMILES string of the molecule is CCCC(CCC)Nc1ccc(-c2ccccc2)cc1. The van der Waals surface area contributed by atoms with Gasteiger partial charge in [0.25, 0.3) is 0 Å². The molecule has 0 spiro atoms. The first-order valence-corrected chi connectivity index (χ1v) is 7.75. The smallest absolute Gasteiger partial charge is 0.0342 e. The lowest BCUT2D eigenvalue weighted by molar-refractivity contribution is 0.586. The summed E-state index contributed by atoms with van der Waals surface area (Å²) in [5.74, 6) is 0. The van der Waals surface area contributed by atoms with Crippen molar-refractivity contribution in [3.05, 3.63) is 54.6 Å². The zero-order valence-electron chi connectivity index (χ0n) is 12.6. The highest BCUT2D eigenvalue weighted by molar-refractivity contribution is 5.65. The Kier molecular flexibility index (Phi) is 5.67. The Morgan fingerprint density at radius 1 is 0.750 bits per heavy atom. The molecule has 0 aliphatic heterocycles. The van der Waals surface area contributed by atoms with Crippen molar-refractivity contribution in [3.63, 3.8) is 0 Å². The summed E-state index contributed by atoms with van der Waals surface area (Å²) in [5, 5.41) is 3.66. The fourth-order valence-electron chi connectivity index (χ4n) is 2.61. The van der Waals surface area contributed by atoms with Crippen molar-refractivity contribution >= 4 is 5.69 Å². The van der Waals surface area contributed by atoms with Crippen LogP contribution in [0.15, 0.2) is 54.6 Å². The molecular formula is C19H25N. The van der Waals surface area contributed by atoms with Crippen LogP contribution in [0.5, 0.6) is 0 Å². The van der Waals surface area contributed by atoms with Crippen LogP contribution in [0.4, 0.5) is 5.69 Å². The summed E-state index contributed by atoms with van der Waals surface area (Å²) >= 11 is 0. The summed E-state index contributed by atoms with van der Waals surface area (Å²) < 4.78 is 0. The molecule has 0 aliphatic carbocycles. The number of anilines is 1. The zero-order valence-corrected chi connectivity index (χ0v) is 12.6. The topological polar surface area (TPSA) is 12.0 Å². The van der Waals surface area contributed by atoms with E-state index in [1.54, 1.807) is 0 Å². The summed E-state index contributed by atoms with van der Waals surface area (Å²) in [4.78, 5) is 0. The van der Waals surface area contributed by atoms with Crippen LogP contribution in [0.1, 0.15) is 39.5 Å². The lowest BCUT2D eigenvalue weighted by Crippen LogP contribution is -2.18. The van der Waals surface area contributed by atoms with Crippen LogP contribution < -0.4 is 5.32 Å². The standard InChI is InChI=1S/C19H25N/c1-3-8-18(9-4-2)20-19-14-12-17(13-15-19)16-10-6-5-7-11-16/h5-7,10-15,18,20H,3-4,8-9H2,1-2H3. The van der Waals surface area contributed by atoms with Crippen molar-refractivity contribution in [3.8, 4) is 11.1 Å². The van der Waals surface area contributed by atoms with E-state index in [4.69, 9.17) is 0 Å². The Morgan fingerprint density at radius 3 is 1.85 bits per heavy atom. The van der Waals surface area contributed by atoms with E-state index < -0.39 is 0 Å². The second kappa shape index (κ2) is 7.74. The van der Waals surface area contributed by atoms with Crippen LogP contribution in [0, 0.1) is 0 Å². The zero-order chi connectivity index (χ0) is 14.2. The normalized spacial score (nSPS) is 10.8. The Balaban J connectivity index is 2.04. The summed E-state index contributed by atoms with van der Waals surface area (Å²) in [6, 6.07) is 19.9. The summed E-state index contributed by atoms with van der Waals surface area (Å²) in [6.07, 6.45) is 4.96. The van der Waals surface area contributed by atoms with Crippen LogP contribution in [0.3, 0.4) is 0 Å². The molecule has 0 aromatic heterocycles. The first-order valence-electron chi connectivity index (χ1n) is 7.75. The van der Waals surface area contributed by atoms with E-state index >= 15 is 0 Å². The number of hydrogen-bond acceptors (Lipinski definition) is 1. The minimum Gasteiger partial charge on any atom is -0.382 e. The fourth-order valence-corrected chi connectivity index (χ4v) is 2.61. The van der Waals surface area contributed by atoms with Gasteiger partial charge in [-0.1, -0.05) is 69.2 Å². The lowest BCUT2D eigenvalue weighted by Gasteiger charge is -2.19. The molecule has 0 saturated heterocycles. The van der Waals surface area contributed by atoms with Gasteiger partial charge in [-0.15, -0.1) is 0 Å². The Morgan fingerprint density at radius 2 is 1.30 bits per heavy atom. The first-order chi connectivity index (χ1) is 9.83. The molecule has 1 nitrogen and oxygen atoms in total. The Labute approximate surface area is 123 Å². The van der Waals surface area contributed by atoms with Gasteiger partial charge < -0.3 is 5.32 Å². The van der Waals surface area contributed by atoms with Crippen LogP contribution in [-0.2, 0) is 0 Å². The van der Waals surface area contributed by atoms with Crippen LogP contribution in [-0.4, -0.2) is 6.04 Å². The molecule has 0 atom stereocenters. The van der Waals surface area contributed by atoms with Crippen molar-refractivity contribution in [1.29, 1.82) is 0 Å². The minimum absolute atomic E-state index is 0.604. The molecule has 2 rings (SSSR count). The maximum Gasteiger partial charge on any atom is 0.0342 e. The average Bonchev–Trinajstić information content (AvgIpc) is 2.49. The van der Waals surface area contributed by atoms with E-state index in [-0.39, 0.29) is 0 Å². The second-order valence-electron chi connectivity index (χ2n) is 5.36. The summed E-state index contributed by atoms with van der Waals surface area (Å²) in [5.41, 5.74) is 3.79. The van der Waals surface area contributed by atoms with Gasteiger partial charge in [-0.25, -0.2) is 0 Å². The molecule has 0 aliphatic rings. The van der Waals surface area contributed by atoms with E-state index in [0.29, 0.717) is 6.04 Å². The van der Waals surface area contributed by atoms with Gasteiger partial charge in [0.15, 0.2) is 0 Å². The molecule has 0 heterocycles. The Bertz CT molecular complexity index is 481. The molecule has 2 aromatic carbocycles. The Hall–Kier alpha value is -1.76. The van der Waals surface area contributed by atoms with E-state index in [9.17, 15) is 0 Å². The molecule has 1 heteroatoms. The van der Waals surface area contributed by atoms with Crippen molar-refractivity contribution in [1.82, 2.24) is 0 Å². The van der Waals surface area contributed by atoms with Gasteiger partial charge >= 0.3 is 0 Å².